The van der Waals surface area contributed by atoms with Gasteiger partial charge in [0.1, 0.15) is 0 Å². The Kier molecular flexibility index (Phi) is 8.03. The van der Waals surface area contributed by atoms with Crippen LogP contribution >= 0.6 is 10.0 Å². The maximum atomic E-state index is 2.55. The monoisotopic (exact) mass is 820 g/mol. The van der Waals surface area contributed by atoms with E-state index in [9.17, 15) is 0 Å². The lowest BCUT2D eigenvalue weighted by atomic mass is 10.0. The lowest BCUT2D eigenvalue weighted by Gasteiger charge is -2.46. The van der Waals surface area contributed by atoms with E-state index in [0.29, 0.717) is 0 Å². The van der Waals surface area contributed by atoms with Crippen LogP contribution in [0.4, 0.5) is 0 Å². The number of nitrogens with zero attached hydrogens (tertiary/aromatic N) is 2. The summed E-state index contributed by atoms with van der Waals surface area (Å²) in [5, 5.41) is 5.00. The van der Waals surface area contributed by atoms with Gasteiger partial charge in [0.2, 0.25) is 0 Å². The molecule has 0 bridgehead atoms. The third-order valence-electron chi connectivity index (χ3n) is 13.1. The maximum absolute atomic E-state index is 2.55. The van der Waals surface area contributed by atoms with Gasteiger partial charge in [0.15, 0.2) is 0 Å². The fourth-order valence-corrected chi connectivity index (χ4v) is 14.5. The van der Waals surface area contributed by atoms with Crippen molar-refractivity contribution in [1.82, 2.24) is 9.13 Å². The molecule has 0 amide bonds. The van der Waals surface area contributed by atoms with Crippen molar-refractivity contribution < 1.29 is 0 Å². The van der Waals surface area contributed by atoms with Crippen LogP contribution in [0.2, 0.25) is 0 Å². The zero-order valence-corrected chi connectivity index (χ0v) is 35.2. The second-order valence-electron chi connectivity index (χ2n) is 16.5. The molecular weight excluding hydrogens is 781 g/mol. The van der Waals surface area contributed by atoms with Crippen molar-refractivity contribution in [3.63, 3.8) is 0 Å². The van der Waals surface area contributed by atoms with E-state index in [-0.39, 0.29) is 0 Å². The van der Waals surface area contributed by atoms with E-state index in [2.05, 4.69) is 252 Å². The summed E-state index contributed by atoms with van der Waals surface area (Å²) >= 11 is 0. The molecule has 12 aromatic rings. The molecule has 1 aliphatic rings. The predicted octanol–water partition coefficient (Wildman–Crippen LogP) is 16.5. The van der Waals surface area contributed by atoms with Crippen molar-refractivity contribution in [2.24, 2.45) is 0 Å². The molecule has 0 saturated carbocycles. The third kappa shape index (κ3) is 5.33. The molecule has 0 radical (unpaired) electrons. The second-order valence-corrected chi connectivity index (χ2v) is 19.6. The highest BCUT2D eigenvalue weighted by molar-refractivity contribution is 8.34. The molecule has 2 aromatic heterocycles. The van der Waals surface area contributed by atoms with Crippen molar-refractivity contribution in [3.8, 4) is 44.8 Å². The average Bonchev–Trinajstić information content (AvgIpc) is 3.88. The smallest absolute Gasteiger partial charge is 0.0673 e. The largest absolute Gasteiger partial charge is 0.309 e. The minimum atomic E-state index is -2.07. The number of para-hydroxylation sites is 2. The zero-order chi connectivity index (χ0) is 41.5. The molecule has 13 rings (SSSR count). The van der Waals surface area contributed by atoms with Gasteiger partial charge >= 0.3 is 0 Å². The van der Waals surface area contributed by atoms with Gasteiger partial charge in [-0.1, -0.05) is 164 Å². The van der Waals surface area contributed by atoms with Gasteiger partial charge in [0.05, 0.1) is 27.8 Å². The molecule has 0 spiro atoms. The summed E-state index contributed by atoms with van der Waals surface area (Å²) in [6.45, 7) is 0. The van der Waals surface area contributed by atoms with E-state index < -0.39 is 10.0 Å². The quantitative estimate of drug-likeness (QED) is 0.158. The Balaban J connectivity index is 1.16. The predicted molar refractivity (Wildman–Crippen MR) is 265 cm³/mol. The van der Waals surface area contributed by atoms with Crippen molar-refractivity contribution in [1.29, 1.82) is 0 Å². The van der Waals surface area contributed by atoms with Crippen LogP contribution in [0, 0.1) is 0 Å². The molecule has 3 heteroatoms. The van der Waals surface area contributed by atoms with Gasteiger partial charge in [-0.2, -0.15) is 0 Å². The van der Waals surface area contributed by atoms with Gasteiger partial charge in [-0.25, -0.2) is 0 Å². The zero-order valence-electron chi connectivity index (χ0n) is 34.4. The first-order chi connectivity index (χ1) is 31.3. The molecular formula is C60H40N2S. The molecule has 63 heavy (non-hydrogen) atoms. The summed E-state index contributed by atoms with van der Waals surface area (Å²) in [6.07, 6.45) is 0. The van der Waals surface area contributed by atoms with Crippen LogP contribution in [0.3, 0.4) is 0 Å². The first kappa shape index (κ1) is 35.9. The van der Waals surface area contributed by atoms with E-state index in [0.717, 1.165) is 5.69 Å². The third-order valence-corrected chi connectivity index (χ3v) is 17.1. The minimum absolute atomic E-state index is 1.16. The van der Waals surface area contributed by atoms with Crippen LogP contribution in [0.25, 0.3) is 88.4 Å². The van der Waals surface area contributed by atoms with Crippen LogP contribution < -0.4 is 0 Å². The molecule has 10 aromatic carbocycles. The molecule has 3 heterocycles. The van der Waals surface area contributed by atoms with Crippen LogP contribution in [0.5, 0.6) is 0 Å². The lowest BCUT2D eigenvalue weighted by Crippen LogP contribution is -2.15. The summed E-state index contributed by atoms with van der Waals surface area (Å²) in [7, 11) is -2.07. The van der Waals surface area contributed by atoms with Crippen molar-refractivity contribution in [2.75, 3.05) is 0 Å². The lowest BCUT2D eigenvalue weighted by molar-refractivity contribution is 1.06. The molecule has 1 aliphatic heterocycles. The Hall–Kier alpha value is -7.85. The Morgan fingerprint density at radius 1 is 0.270 bits per heavy atom. The molecule has 0 aliphatic carbocycles. The number of benzene rings is 10. The van der Waals surface area contributed by atoms with E-state index in [1.54, 1.807) is 0 Å². The van der Waals surface area contributed by atoms with Crippen molar-refractivity contribution in [3.05, 3.63) is 243 Å². The van der Waals surface area contributed by atoms with Crippen LogP contribution in [0.15, 0.2) is 262 Å². The van der Waals surface area contributed by atoms with Crippen LogP contribution in [-0.4, -0.2) is 9.13 Å². The minimum Gasteiger partial charge on any atom is -0.309 e. The van der Waals surface area contributed by atoms with E-state index in [4.69, 9.17) is 0 Å². The first-order valence-electron chi connectivity index (χ1n) is 21.7. The molecule has 0 N–H and O–H groups in total. The molecule has 0 saturated heterocycles. The van der Waals surface area contributed by atoms with E-state index >= 15 is 0 Å². The van der Waals surface area contributed by atoms with Crippen molar-refractivity contribution >= 4 is 53.6 Å². The highest BCUT2D eigenvalue weighted by Crippen LogP contribution is 2.77. The van der Waals surface area contributed by atoms with Gasteiger partial charge in [-0.05, 0) is 112 Å². The molecule has 0 fully saturated rings. The first-order valence-corrected chi connectivity index (χ1v) is 23.3. The van der Waals surface area contributed by atoms with Gasteiger partial charge < -0.3 is 9.13 Å². The fraction of sp³-hybridized carbons (Fsp3) is 0. The van der Waals surface area contributed by atoms with E-state index in [1.807, 2.05) is 0 Å². The number of hydrogen-bond acceptors (Lipinski definition) is 0. The standard InChI is InChI=1S/C60H40N2S/c1-5-17-41(18-6-1)44-29-33-49(34-30-44)63(48-23-11-4-12-24-48)58-28-16-15-27-57(58)62-54-26-14-13-25-50(54)53-39-47(40-59(63)60(53)62)61-55-35-31-45(42-19-7-2-8-20-42)37-51(55)52-38-46(32-36-56(52)61)43-21-9-3-10-22-43/h1-40H. The van der Waals surface area contributed by atoms with Crippen molar-refractivity contribution in [2.45, 2.75) is 19.6 Å². The van der Waals surface area contributed by atoms with Gasteiger partial charge in [-0.15, -0.1) is 10.0 Å². The normalized spacial score (nSPS) is 15.4. The molecule has 296 valence electrons. The SMILES string of the molecule is c1ccc(-c2ccc(S3(c4ccccc4)c4ccccc4-n4c5ccccc5c5cc(-n6c7ccc(-c8ccccc8)cc7c7cc(-c8ccccc8)ccc76)cc3c54)cc2)cc1. The number of aromatic nitrogens is 2. The van der Waals surface area contributed by atoms with Gasteiger partial charge in [0.25, 0.3) is 0 Å². The molecule has 2 nitrogen and oxygen atoms in total. The number of fused-ring (bicyclic) bond motifs is 8. The fourth-order valence-electron chi connectivity index (χ4n) is 10.4. The topological polar surface area (TPSA) is 9.86 Å². The van der Waals surface area contributed by atoms with E-state index in [1.165, 1.54) is 102 Å². The second kappa shape index (κ2) is 14.1. The summed E-state index contributed by atoms with van der Waals surface area (Å²) in [4.78, 5) is 5.33. The highest BCUT2D eigenvalue weighted by atomic mass is 32.3. The Morgan fingerprint density at radius 2 is 0.730 bits per heavy atom. The number of rotatable bonds is 6. The summed E-state index contributed by atoms with van der Waals surface area (Å²) < 4.78 is 5.08. The summed E-state index contributed by atoms with van der Waals surface area (Å²) in [6, 6.07) is 90.3. The van der Waals surface area contributed by atoms with Crippen LogP contribution in [0.1, 0.15) is 0 Å². The number of hydrogen-bond donors (Lipinski definition) is 0. The Labute approximate surface area is 367 Å². The van der Waals surface area contributed by atoms with Gasteiger partial charge in [-0.3, -0.25) is 0 Å². The Morgan fingerprint density at radius 3 is 1.35 bits per heavy atom. The van der Waals surface area contributed by atoms with Crippen LogP contribution in [-0.2, 0) is 0 Å². The molecule has 1 unspecified atom stereocenters. The highest BCUT2D eigenvalue weighted by Gasteiger charge is 2.42. The maximum Gasteiger partial charge on any atom is 0.0673 e. The van der Waals surface area contributed by atoms with Gasteiger partial charge in [0, 0.05) is 46.8 Å². The Bertz CT molecular complexity index is 3600. The summed E-state index contributed by atoms with van der Waals surface area (Å²) in [5.41, 5.74) is 14.6. The average molecular weight is 821 g/mol. The molecule has 1 atom stereocenters. The summed E-state index contributed by atoms with van der Waals surface area (Å²) in [5.74, 6) is 0.